The van der Waals surface area contributed by atoms with Crippen molar-refractivity contribution in [1.82, 2.24) is 24.0 Å². The highest BCUT2D eigenvalue weighted by molar-refractivity contribution is 7.88. The van der Waals surface area contributed by atoms with E-state index in [-0.39, 0.29) is 12.5 Å². The second kappa shape index (κ2) is 6.98. The Hall–Kier alpha value is -1.97. The minimum absolute atomic E-state index is 0.0635. The van der Waals surface area contributed by atoms with E-state index >= 15 is 0 Å². The number of carbonyl (C=O) groups excluding carboxylic acids is 1. The average Bonchev–Trinajstić information content (AvgIpc) is 2.96. The Labute approximate surface area is 157 Å². The summed E-state index contributed by atoms with van der Waals surface area (Å²) in [5.41, 5.74) is 0.861. The average molecular weight is 398 g/mol. The summed E-state index contributed by atoms with van der Waals surface area (Å²) in [6.07, 6.45) is 1.13. The highest BCUT2D eigenvalue weighted by atomic mass is 35.5. The molecule has 1 amide bonds. The van der Waals surface area contributed by atoms with Gasteiger partial charge in [0.25, 0.3) is 0 Å². The summed E-state index contributed by atoms with van der Waals surface area (Å²) in [7, 11) is -1.88. The van der Waals surface area contributed by atoms with Crippen molar-refractivity contribution in [2.24, 2.45) is 0 Å². The van der Waals surface area contributed by atoms with Crippen LogP contribution in [0.5, 0.6) is 0 Å². The van der Waals surface area contributed by atoms with Crippen LogP contribution < -0.4 is 0 Å². The van der Waals surface area contributed by atoms with E-state index in [2.05, 4.69) is 10.2 Å². The van der Waals surface area contributed by atoms with Crippen LogP contribution >= 0.6 is 11.6 Å². The van der Waals surface area contributed by atoms with Gasteiger partial charge in [0.1, 0.15) is 11.9 Å². The van der Waals surface area contributed by atoms with Crippen molar-refractivity contribution in [2.45, 2.75) is 32.6 Å². The Kier molecular flexibility index (Phi) is 5.05. The molecule has 1 aromatic heterocycles. The molecule has 2 aromatic rings. The number of halogens is 1. The Morgan fingerprint density at radius 1 is 1.31 bits per heavy atom. The number of hydrogen-bond acceptors (Lipinski definition) is 5. The number of benzene rings is 1. The van der Waals surface area contributed by atoms with Crippen molar-refractivity contribution in [3.8, 4) is 0 Å². The third-order valence-electron chi connectivity index (χ3n) is 4.47. The highest BCUT2D eigenvalue weighted by Gasteiger charge is 2.34. The molecular weight excluding hydrogens is 378 g/mol. The summed E-state index contributed by atoms with van der Waals surface area (Å²) >= 11 is 6.20. The first kappa shape index (κ1) is 18.8. The quantitative estimate of drug-likeness (QED) is 0.761. The van der Waals surface area contributed by atoms with E-state index in [1.165, 1.54) is 11.4 Å². The zero-order valence-corrected chi connectivity index (χ0v) is 16.3. The summed E-state index contributed by atoms with van der Waals surface area (Å²) < 4.78 is 26.2. The molecule has 1 atom stereocenters. The number of sulfonamides is 1. The molecule has 0 radical (unpaired) electrons. The maximum atomic E-state index is 12.8. The van der Waals surface area contributed by atoms with Crippen molar-refractivity contribution in [3.63, 3.8) is 0 Å². The molecule has 1 aliphatic rings. The minimum atomic E-state index is -3.35. The number of nitrogens with zero attached hydrogens (tertiary/aromatic N) is 5. The Morgan fingerprint density at radius 3 is 2.65 bits per heavy atom. The van der Waals surface area contributed by atoms with E-state index in [1.54, 1.807) is 22.5 Å². The first-order valence-corrected chi connectivity index (χ1v) is 10.3. The summed E-state index contributed by atoms with van der Waals surface area (Å²) in [6, 6.07) is 6.87. The van der Waals surface area contributed by atoms with Crippen molar-refractivity contribution in [2.75, 3.05) is 13.3 Å². The molecule has 26 heavy (non-hydrogen) atoms. The van der Waals surface area contributed by atoms with Gasteiger partial charge in [-0.1, -0.05) is 29.8 Å². The lowest BCUT2D eigenvalue weighted by Crippen LogP contribution is -2.42. The van der Waals surface area contributed by atoms with Gasteiger partial charge in [0, 0.05) is 18.6 Å². The first-order chi connectivity index (χ1) is 12.2. The third-order valence-corrected chi connectivity index (χ3v) is 6.11. The van der Waals surface area contributed by atoms with Crippen LogP contribution in [0.15, 0.2) is 24.3 Å². The molecule has 2 heterocycles. The lowest BCUT2D eigenvalue weighted by molar-refractivity contribution is -0.137. The molecule has 10 heteroatoms. The van der Waals surface area contributed by atoms with E-state index < -0.39 is 16.1 Å². The van der Waals surface area contributed by atoms with E-state index in [1.807, 2.05) is 18.2 Å². The minimum Gasteiger partial charge on any atom is -0.329 e. The zero-order chi connectivity index (χ0) is 19.1. The fourth-order valence-electron chi connectivity index (χ4n) is 2.93. The molecule has 0 aliphatic carbocycles. The van der Waals surface area contributed by atoms with Crippen molar-refractivity contribution in [1.29, 1.82) is 0 Å². The number of carbonyl (C=O) groups is 1. The van der Waals surface area contributed by atoms with Crippen LogP contribution in [0.3, 0.4) is 0 Å². The van der Waals surface area contributed by atoms with Crippen molar-refractivity contribution < 1.29 is 13.2 Å². The Morgan fingerprint density at radius 2 is 2.00 bits per heavy atom. The summed E-state index contributed by atoms with van der Waals surface area (Å²) in [5.74, 6) is 0.993. The number of hydrogen-bond donors (Lipinski definition) is 0. The van der Waals surface area contributed by atoms with Crippen LogP contribution in [0.4, 0.5) is 0 Å². The number of aromatic nitrogens is 3. The second-order valence-corrected chi connectivity index (χ2v) is 8.88. The Balaban J connectivity index is 1.85. The van der Waals surface area contributed by atoms with Crippen LogP contribution in [0.25, 0.3) is 0 Å². The van der Waals surface area contributed by atoms with Crippen molar-refractivity contribution in [3.05, 3.63) is 46.5 Å². The predicted octanol–water partition coefficient (Wildman–Crippen LogP) is 1.43. The van der Waals surface area contributed by atoms with Crippen LogP contribution in [0.2, 0.25) is 5.02 Å². The maximum absolute atomic E-state index is 12.8. The van der Waals surface area contributed by atoms with Crippen LogP contribution in [-0.4, -0.2) is 51.6 Å². The Bertz CT molecular complexity index is 943. The lowest BCUT2D eigenvalue weighted by Gasteiger charge is -2.32. The van der Waals surface area contributed by atoms with Gasteiger partial charge < -0.3 is 4.90 Å². The molecule has 8 nitrogen and oxygen atoms in total. The van der Waals surface area contributed by atoms with Gasteiger partial charge in [-0.05, 0) is 18.6 Å². The topological polar surface area (TPSA) is 88.4 Å². The molecule has 1 aromatic carbocycles. The largest absolute Gasteiger partial charge is 0.329 e. The van der Waals surface area contributed by atoms with Crippen LogP contribution in [0.1, 0.15) is 30.2 Å². The molecule has 0 bridgehead atoms. The first-order valence-electron chi connectivity index (χ1n) is 8.04. The van der Waals surface area contributed by atoms with Crippen molar-refractivity contribution >= 4 is 27.5 Å². The molecule has 0 saturated heterocycles. The highest BCUT2D eigenvalue weighted by Crippen LogP contribution is 2.26. The SMILES string of the molecule is C[C@H]1C(=O)N(Cc2ccccc2Cl)Cc2nnc(CN(C)S(C)(=O)=O)n21. The van der Waals surface area contributed by atoms with Gasteiger partial charge in [0.05, 0.1) is 19.3 Å². The fourth-order valence-corrected chi connectivity index (χ4v) is 3.47. The summed E-state index contributed by atoms with van der Waals surface area (Å²) in [4.78, 5) is 14.5. The predicted molar refractivity (Wildman–Crippen MR) is 96.7 cm³/mol. The molecule has 1 aliphatic heterocycles. The van der Waals surface area contributed by atoms with E-state index in [0.717, 1.165) is 11.8 Å². The van der Waals surface area contributed by atoms with Gasteiger partial charge in [-0.3, -0.25) is 9.36 Å². The second-order valence-electron chi connectivity index (χ2n) is 6.38. The zero-order valence-electron chi connectivity index (χ0n) is 14.8. The number of fused-ring (bicyclic) bond motifs is 1. The normalized spacial score (nSPS) is 17.7. The van der Waals surface area contributed by atoms with Crippen LogP contribution in [0, 0.1) is 0 Å². The van der Waals surface area contributed by atoms with E-state index in [0.29, 0.717) is 29.8 Å². The molecular formula is C16H20ClN5O3S. The van der Waals surface area contributed by atoms with Gasteiger partial charge in [0.2, 0.25) is 15.9 Å². The summed E-state index contributed by atoms with van der Waals surface area (Å²) in [5, 5.41) is 8.86. The third kappa shape index (κ3) is 3.60. The molecule has 0 N–H and O–H groups in total. The molecule has 3 rings (SSSR count). The van der Waals surface area contributed by atoms with Gasteiger partial charge >= 0.3 is 0 Å². The lowest BCUT2D eigenvalue weighted by atomic mass is 10.1. The molecule has 0 spiro atoms. The van der Waals surface area contributed by atoms with Gasteiger partial charge in [0.15, 0.2) is 5.82 Å². The number of rotatable bonds is 5. The van der Waals surface area contributed by atoms with Gasteiger partial charge in [-0.2, -0.15) is 4.31 Å². The van der Waals surface area contributed by atoms with Gasteiger partial charge in [-0.25, -0.2) is 8.42 Å². The van der Waals surface area contributed by atoms with Gasteiger partial charge in [-0.15, -0.1) is 10.2 Å². The van der Waals surface area contributed by atoms with Crippen LogP contribution in [-0.2, 0) is 34.5 Å². The number of amides is 1. The standard InChI is InChI=1S/C16H20ClN5O3S/c1-11-16(23)21(8-12-6-4-5-7-13(12)17)10-15-19-18-14(22(11)15)9-20(2)26(3,24)25/h4-7,11H,8-10H2,1-3H3/t11-/m0/s1. The maximum Gasteiger partial charge on any atom is 0.246 e. The smallest absolute Gasteiger partial charge is 0.246 e. The summed E-state index contributed by atoms with van der Waals surface area (Å²) in [6.45, 7) is 2.50. The molecule has 0 fully saturated rings. The monoisotopic (exact) mass is 397 g/mol. The molecule has 0 saturated carbocycles. The molecule has 140 valence electrons. The molecule has 0 unspecified atom stereocenters. The fraction of sp³-hybridized carbons (Fsp3) is 0.438. The van der Waals surface area contributed by atoms with E-state index in [4.69, 9.17) is 11.6 Å². The van der Waals surface area contributed by atoms with E-state index in [9.17, 15) is 13.2 Å².